The van der Waals surface area contributed by atoms with Crippen LogP contribution in [0.25, 0.3) is 0 Å². The smallest absolute Gasteiger partial charge is 0.376 e. The van der Waals surface area contributed by atoms with Crippen molar-refractivity contribution < 1.29 is 27.5 Å². The van der Waals surface area contributed by atoms with Crippen molar-refractivity contribution in [1.29, 1.82) is 0 Å². The van der Waals surface area contributed by atoms with Gasteiger partial charge in [0.05, 0.1) is 16.7 Å². The van der Waals surface area contributed by atoms with E-state index in [0.717, 1.165) is 25.0 Å². The lowest BCUT2D eigenvalue weighted by atomic mass is 10.0. The summed E-state index contributed by atoms with van der Waals surface area (Å²) in [5, 5.41) is 4.66. The monoisotopic (exact) mass is 390 g/mol. The molecule has 3 rings (SSSR count). The summed E-state index contributed by atoms with van der Waals surface area (Å²) in [6.45, 7) is 0.983. The summed E-state index contributed by atoms with van der Waals surface area (Å²) in [7, 11) is 0. The predicted molar refractivity (Wildman–Crippen MR) is 88.7 cm³/mol. The van der Waals surface area contributed by atoms with Crippen LogP contribution in [-0.2, 0) is 20.5 Å². The highest BCUT2D eigenvalue weighted by Crippen LogP contribution is 2.47. The molecule has 1 aromatic carbocycles. The van der Waals surface area contributed by atoms with Gasteiger partial charge in [0.15, 0.2) is 0 Å². The second kappa shape index (κ2) is 7.08. The Kier molecular flexibility index (Phi) is 5.16. The number of benzene rings is 1. The minimum atomic E-state index is -4.63. The maximum Gasteiger partial charge on any atom is 0.417 e. The van der Waals surface area contributed by atoms with Crippen LogP contribution in [0.2, 0.25) is 5.02 Å². The third-order valence-electron chi connectivity index (χ3n) is 4.66. The Morgan fingerprint density at radius 2 is 2.00 bits per heavy atom. The molecule has 2 amide bonds. The summed E-state index contributed by atoms with van der Waals surface area (Å²) in [5.74, 6) is -1.03. The number of carbonyl (C=O) groups excluding carboxylic acids is 2. The van der Waals surface area contributed by atoms with Gasteiger partial charge in [-0.3, -0.25) is 9.59 Å². The van der Waals surface area contributed by atoms with Gasteiger partial charge in [0, 0.05) is 18.8 Å². The summed E-state index contributed by atoms with van der Waals surface area (Å²) in [4.78, 5) is 24.8. The molecule has 0 aromatic heterocycles. The highest BCUT2D eigenvalue weighted by molar-refractivity contribution is 6.31. The molecule has 9 heteroatoms. The second-order valence-corrected chi connectivity index (χ2v) is 6.98. The normalized spacial score (nSPS) is 21.3. The molecule has 1 aliphatic heterocycles. The predicted octanol–water partition coefficient (Wildman–Crippen LogP) is 3.37. The Morgan fingerprint density at radius 3 is 2.58 bits per heavy atom. The van der Waals surface area contributed by atoms with Crippen LogP contribution in [-0.4, -0.2) is 31.1 Å². The maximum absolute atomic E-state index is 12.9. The molecule has 1 atom stereocenters. The van der Waals surface area contributed by atoms with Crippen molar-refractivity contribution in [3.05, 3.63) is 28.8 Å². The van der Waals surface area contributed by atoms with Gasteiger partial charge in [-0.05, 0) is 43.9 Å². The summed E-state index contributed by atoms with van der Waals surface area (Å²) in [6, 6.07) is 3.10. The number of carbonyl (C=O) groups is 2. The molecule has 2 fully saturated rings. The van der Waals surface area contributed by atoms with Gasteiger partial charge >= 0.3 is 6.18 Å². The lowest BCUT2D eigenvalue weighted by Gasteiger charge is -2.18. The molecule has 26 heavy (non-hydrogen) atoms. The van der Waals surface area contributed by atoms with Gasteiger partial charge in [0.25, 0.3) is 0 Å². The van der Waals surface area contributed by atoms with Gasteiger partial charge in [0.1, 0.15) is 5.41 Å². The first kappa shape index (κ1) is 19.0. The first-order valence-electron chi connectivity index (χ1n) is 8.30. The van der Waals surface area contributed by atoms with Crippen molar-refractivity contribution in [2.75, 3.05) is 18.5 Å². The quantitative estimate of drug-likeness (QED) is 0.757. The molecular formula is C17H18ClF3N2O3. The minimum absolute atomic E-state index is 0.0510. The highest BCUT2D eigenvalue weighted by Gasteiger charge is 2.56. The van der Waals surface area contributed by atoms with Crippen LogP contribution in [0.3, 0.4) is 0 Å². The van der Waals surface area contributed by atoms with Gasteiger partial charge in [-0.1, -0.05) is 11.6 Å². The van der Waals surface area contributed by atoms with Crippen LogP contribution in [0.4, 0.5) is 18.9 Å². The minimum Gasteiger partial charge on any atom is -0.376 e. The van der Waals surface area contributed by atoms with E-state index in [4.69, 9.17) is 16.3 Å². The van der Waals surface area contributed by atoms with Gasteiger partial charge in [-0.25, -0.2) is 0 Å². The fourth-order valence-corrected chi connectivity index (χ4v) is 3.16. The van der Waals surface area contributed by atoms with E-state index < -0.39 is 34.0 Å². The van der Waals surface area contributed by atoms with E-state index >= 15 is 0 Å². The Balaban J connectivity index is 1.64. The number of hydrogen-bond acceptors (Lipinski definition) is 3. The zero-order chi connectivity index (χ0) is 18.9. The number of rotatable bonds is 5. The molecule has 1 aliphatic carbocycles. The fraction of sp³-hybridized carbons (Fsp3) is 0.529. The number of ether oxygens (including phenoxy) is 1. The SMILES string of the molecule is O=C(NCC1CCCO1)C1(C(=O)Nc2ccc(Cl)c(C(F)(F)F)c2)CC1. The first-order chi connectivity index (χ1) is 12.2. The molecule has 1 saturated carbocycles. The van der Waals surface area contributed by atoms with Crippen LogP contribution < -0.4 is 10.6 Å². The standard InChI is InChI=1S/C17H18ClF3N2O3/c18-13-4-3-10(8-12(13)17(19,20)21)23-15(25)16(5-6-16)14(24)22-9-11-2-1-7-26-11/h3-4,8,11H,1-2,5-7,9H2,(H,22,24)(H,23,25). The molecular weight excluding hydrogens is 373 g/mol. The van der Waals surface area contributed by atoms with Crippen molar-refractivity contribution in [1.82, 2.24) is 5.32 Å². The molecule has 142 valence electrons. The third-order valence-corrected chi connectivity index (χ3v) is 4.99. The lowest BCUT2D eigenvalue weighted by molar-refractivity contribution is -0.138. The molecule has 5 nitrogen and oxygen atoms in total. The van der Waals surface area contributed by atoms with Crippen molar-refractivity contribution >= 4 is 29.1 Å². The molecule has 1 heterocycles. The summed E-state index contributed by atoms with van der Waals surface area (Å²) in [6.07, 6.45) is -2.18. The van der Waals surface area contributed by atoms with E-state index in [2.05, 4.69) is 10.6 Å². The van der Waals surface area contributed by atoms with E-state index in [-0.39, 0.29) is 11.8 Å². The van der Waals surface area contributed by atoms with Crippen LogP contribution in [0.15, 0.2) is 18.2 Å². The zero-order valence-electron chi connectivity index (χ0n) is 13.8. The summed E-state index contributed by atoms with van der Waals surface area (Å²) in [5.41, 5.74) is -2.31. The van der Waals surface area contributed by atoms with E-state index in [1.165, 1.54) is 6.07 Å². The number of anilines is 1. The van der Waals surface area contributed by atoms with Gasteiger partial charge in [-0.2, -0.15) is 13.2 Å². The van der Waals surface area contributed by atoms with Crippen molar-refractivity contribution in [2.45, 2.75) is 38.0 Å². The van der Waals surface area contributed by atoms with Gasteiger partial charge < -0.3 is 15.4 Å². The molecule has 0 bridgehead atoms. The van der Waals surface area contributed by atoms with E-state index in [0.29, 0.717) is 26.0 Å². The van der Waals surface area contributed by atoms with Crippen LogP contribution >= 0.6 is 11.6 Å². The van der Waals surface area contributed by atoms with Gasteiger partial charge in [-0.15, -0.1) is 0 Å². The molecule has 2 aliphatic rings. The number of amides is 2. The Bertz CT molecular complexity index is 714. The average Bonchev–Trinajstić information content (AvgIpc) is 3.23. The zero-order valence-corrected chi connectivity index (χ0v) is 14.5. The van der Waals surface area contributed by atoms with Crippen LogP contribution in [0.1, 0.15) is 31.2 Å². The Hall–Kier alpha value is -1.80. The molecule has 1 aromatic rings. The van der Waals surface area contributed by atoms with Crippen LogP contribution in [0, 0.1) is 5.41 Å². The Labute approximate surface area is 153 Å². The fourth-order valence-electron chi connectivity index (χ4n) is 2.93. The summed E-state index contributed by atoms with van der Waals surface area (Å²) < 4.78 is 44.2. The van der Waals surface area contributed by atoms with Crippen molar-refractivity contribution in [2.24, 2.45) is 5.41 Å². The number of nitrogens with one attached hydrogen (secondary N) is 2. The van der Waals surface area contributed by atoms with Crippen molar-refractivity contribution in [3.8, 4) is 0 Å². The molecule has 2 N–H and O–H groups in total. The summed E-state index contributed by atoms with van der Waals surface area (Å²) >= 11 is 5.56. The van der Waals surface area contributed by atoms with E-state index in [1.807, 2.05) is 0 Å². The third kappa shape index (κ3) is 3.96. The molecule has 0 spiro atoms. The largest absolute Gasteiger partial charge is 0.417 e. The Morgan fingerprint density at radius 1 is 1.27 bits per heavy atom. The molecule has 1 unspecified atom stereocenters. The van der Waals surface area contributed by atoms with Gasteiger partial charge in [0.2, 0.25) is 11.8 Å². The van der Waals surface area contributed by atoms with Crippen LogP contribution in [0.5, 0.6) is 0 Å². The van der Waals surface area contributed by atoms with E-state index in [9.17, 15) is 22.8 Å². The lowest BCUT2D eigenvalue weighted by Crippen LogP contribution is -2.42. The van der Waals surface area contributed by atoms with E-state index in [1.54, 1.807) is 0 Å². The topological polar surface area (TPSA) is 67.4 Å². The second-order valence-electron chi connectivity index (χ2n) is 6.57. The van der Waals surface area contributed by atoms with Crippen molar-refractivity contribution in [3.63, 3.8) is 0 Å². The number of alkyl halides is 3. The highest BCUT2D eigenvalue weighted by atomic mass is 35.5. The molecule has 1 saturated heterocycles. The maximum atomic E-state index is 12.9. The average molecular weight is 391 g/mol. The number of halogens is 4. The number of hydrogen-bond donors (Lipinski definition) is 2. The first-order valence-corrected chi connectivity index (χ1v) is 8.68. The molecule has 0 radical (unpaired) electrons.